The number of ether oxygens (including phenoxy) is 2. The molecule has 3 rings (SSSR count). The van der Waals surface area contributed by atoms with Crippen molar-refractivity contribution in [1.29, 1.82) is 0 Å². The number of carbonyl (C=O) groups is 1. The van der Waals surface area contributed by atoms with Crippen LogP contribution in [0, 0.1) is 5.92 Å². The molecule has 8 heteroatoms. The molecule has 2 aromatic rings. The van der Waals surface area contributed by atoms with Crippen molar-refractivity contribution in [1.82, 2.24) is 9.62 Å². The standard InChI is InChI=1S/C23H30N2O5S/c1-3-30-17-20-7-5-4-6-19(20)16-24-23(26)18-12-14-25(15-13-18)31(27,28)22-10-8-21(29-2)9-11-22/h4-11,18H,3,12-17H2,1-2H3,(H,24,26). The number of piperidine rings is 1. The van der Waals surface area contributed by atoms with E-state index in [0.717, 1.165) is 11.1 Å². The molecular weight excluding hydrogens is 416 g/mol. The lowest BCUT2D eigenvalue weighted by atomic mass is 9.97. The van der Waals surface area contributed by atoms with Gasteiger partial charge < -0.3 is 14.8 Å². The number of benzene rings is 2. The molecule has 0 bridgehead atoms. The van der Waals surface area contributed by atoms with E-state index in [1.165, 1.54) is 11.4 Å². The van der Waals surface area contributed by atoms with Gasteiger partial charge in [0.15, 0.2) is 0 Å². The molecule has 1 heterocycles. The van der Waals surface area contributed by atoms with E-state index in [1.807, 2.05) is 31.2 Å². The zero-order valence-corrected chi connectivity index (χ0v) is 18.9. The van der Waals surface area contributed by atoms with Crippen LogP contribution in [0.4, 0.5) is 0 Å². The quantitative estimate of drug-likeness (QED) is 0.640. The maximum Gasteiger partial charge on any atom is 0.243 e. The Morgan fingerprint density at radius 2 is 1.71 bits per heavy atom. The van der Waals surface area contributed by atoms with Gasteiger partial charge in [-0.05, 0) is 55.2 Å². The molecule has 1 amide bonds. The van der Waals surface area contributed by atoms with Crippen LogP contribution in [0.15, 0.2) is 53.4 Å². The van der Waals surface area contributed by atoms with Crippen molar-refractivity contribution < 1.29 is 22.7 Å². The van der Waals surface area contributed by atoms with Gasteiger partial charge in [-0.25, -0.2) is 8.42 Å². The predicted octanol–water partition coefficient (Wildman–Crippen LogP) is 2.95. The number of carbonyl (C=O) groups excluding carboxylic acids is 1. The second kappa shape index (κ2) is 10.7. The summed E-state index contributed by atoms with van der Waals surface area (Å²) in [6.07, 6.45) is 1.00. The number of rotatable bonds is 9. The smallest absolute Gasteiger partial charge is 0.243 e. The summed E-state index contributed by atoms with van der Waals surface area (Å²) in [5.74, 6) is 0.381. The van der Waals surface area contributed by atoms with Gasteiger partial charge in [0.1, 0.15) is 5.75 Å². The van der Waals surface area contributed by atoms with E-state index < -0.39 is 10.0 Å². The van der Waals surface area contributed by atoms with Crippen LogP contribution in [0.5, 0.6) is 5.75 Å². The molecule has 168 valence electrons. The fourth-order valence-electron chi connectivity index (χ4n) is 3.66. The number of hydrogen-bond donors (Lipinski definition) is 1. The topological polar surface area (TPSA) is 84.9 Å². The van der Waals surface area contributed by atoms with E-state index in [1.54, 1.807) is 24.3 Å². The monoisotopic (exact) mass is 446 g/mol. The van der Waals surface area contributed by atoms with Gasteiger partial charge in [-0.1, -0.05) is 24.3 Å². The van der Waals surface area contributed by atoms with Gasteiger partial charge in [-0.15, -0.1) is 0 Å². The molecule has 0 aromatic heterocycles. The first-order chi connectivity index (χ1) is 15.0. The third-order valence-electron chi connectivity index (χ3n) is 5.56. The minimum absolute atomic E-state index is 0.0345. The summed E-state index contributed by atoms with van der Waals surface area (Å²) in [5, 5.41) is 3.01. The highest BCUT2D eigenvalue weighted by Crippen LogP contribution is 2.25. The van der Waals surface area contributed by atoms with Gasteiger partial charge in [0.25, 0.3) is 0 Å². The van der Waals surface area contributed by atoms with Gasteiger partial charge >= 0.3 is 0 Å². The van der Waals surface area contributed by atoms with Gasteiger partial charge in [0.05, 0.1) is 18.6 Å². The summed E-state index contributed by atoms with van der Waals surface area (Å²) in [7, 11) is -2.04. The molecule has 1 N–H and O–H groups in total. The number of nitrogens with zero attached hydrogens (tertiary/aromatic N) is 1. The highest BCUT2D eigenvalue weighted by atomic mass is 32.2. The number of sulfonamides is 1. The number of methoxy groups -OCH3 is 1. The van der Waals surface area contributed by atoms with Crippen LogP contribution in [0.3, 0.4) is 0 Å². The zero-order valence-electron chi connectivity index (χ0n) is 18.0. The lowest BCUT2D eigenvalue weighted by Crippen LogP contribution is -2.42. The third-order valence-corrected chi connectivity index (χ3v) is 7.47. The first-order valence-corrected chi connectivity index (χ1v) is 12.0. The summed E-state index contributed by atoms with van der Waals surface area (Å²) in [6, 6.07) is 14.3. The Morgan fingerprint density at radius 1 is 1.06 bits per heavy atom. The van der Waals surface area contributed by atoms with Gasteiger partial charge in [-0.3, -0.25) is 4.79 Å². The van der Waals surface area contributed by atoms with Crippen molar-refractivity contribution in [3.05, 3.63) is 59.7 Å². The summed E-state index contributed by atoms with van der Waals surface area (Å²) in [6.45, 7) is 4.20. The van der Waals surface area contributed by atoms with E-state index in [-0.39, 0.29) is 16.7 Å². The molecular formula is C23H30N2O5S. The average Bonchev–Trinajstić information content (AvgIpc) is 2.81. The minimum Gasteiger partial charge on any atom is -0.497 e. The fraction of sp³-hybridized carbons (Fsp3) is 0.435. The zero-order chi connectivity index (χ0) is 22.3. The first-order valence-electron chi connectivity index (χ1n) is 10.5. The number of nitrogens with one attached hydrogen (secondary N) is 1. The first kappa shape index (κ1) is 23.2. The highest BCUT2D eigenvalue weighted by Gasteiger charge is 2.32. The van der Waals surface area contributed by atoms with Crippen molar-refractivity contribution in [2.45, 2.75) is 37.8 Å². The summed E-state index contributed by atoms with van der Waals surface area (Å²) >= 11 is 0. The molecule has 0 atom stereocenters. The van der Waals surface area contributed by atoms with Crippen molar-refractivity contribution in [2.75, 3.05) is 26.8 Å². The van der Waals surface area contributed by atoms with Crippen molar-refractivity contribution in [2.24, 2.45) is 5.92 Å². The highest BCUT2D eigenvalue weighted by molar-refractivity contribution is 7.89. The Labute approximate surface area is 184 Å². The van der Waals surface area contributed by atoms with E-state index in [2.05, 4.69) is 5.32 Å². The Kier molecular flexibility index (Phi) is 8.06. The minimum atomic E-state index is -3.57. The largest absolute Gasteiger partial charge is 0.497 e. The van der Waals surface area contributed by atoms with Crippen LogP contribution in [-0.2, 0) is 32.7 Å². The van der Waals surface area contributed by atoms with Crippen LogP contribution in [0.1, 0.15) is 30.9 Å². The van der Waals surface area contributed by atoms with Gasteiger partial charge in [0, 0.05) is 32.2 Å². The van der Waals surface area contributed by atoms with E-state index in [4.69, 9.17) is 9.47 Å². The molecule has 1 saturated heterocycles. The maximum atomic E-state index is 12.9. The van der Waals surface area contributed by atoms with E-state index in [9.17, 15) is 13.2 Å². The van der Waals surface area contributed by atoms with E-state index >= 15 is 0 Å². The lowest BCUT2D eigenvalue weighted by molar-refractivity contribution is -0.126. The molecule has 1 aliphatic rings. The second-order valence-electron chi connectivity index (χ2n) is 7.48. The Bertz CT molecular complexity index is 968. The molecule has 0 saturated carbocycles. The van der Waals surface area contributed by atoms with Gasteiger partial charge in [0.2, 0.25) is 15.9 Å². The fourth-order valence-corrected chi connectivity index (χ4v) is 5.13. The van der Waals surface area contributed by atoms with Crippen LogP contribution in [-0.4, -0.2) is 45.4 Å². The summed E-state index contributed by atoms with van der Waals surface area (Å²) < 4.78 is 37.8. The summed E-state index contributed by atoms with van der Waals surface area (Å²) in [4.78, 5) is 12.9. The molecule has 0 aliphatic carbocycles. The summed E-state index contributed by atoms with van der Waals surface area (Å²) in [5.41, 5.74) is 2.09. The predicted molar refractivity (Wildman–Crippen MR) is 118 cm³/mol. The Balaban J connectivity index is 1.54. The van der Waals surface area contributed by atoms with Gasteiger partial charge in [-0.2, -0.15) is 4.31 Å². The lowest BCUT2D eigenvalue weighted by Gasteiger charge is -2.30. The van der Waals surface area contributed by atoms with Crippen LogP contribution < -0.4 is 10.1 Å². The molecule has 31 heavy (non-hydrogen) atoms. The number of hydrogen-bond acceptors (Lipinski definition) is 5. The second-order valence-corrected chi connectivity index (χ2v) is 9.42. The molecule has 7 nitrogen and oxygen atoms in total. The molecule has 0 spiro atoms. The SMILES string of the molecule is CCOCc1ccccc1CNC(=O)C1CCN(S(=O)(=O)c2ccc(OC)cc2)CC1. The molecule has 1 fully saturated rings. The van der Waals surface area contributed by atoms with Crippen molar-refractivity contribution >= 4 is 15.9 Å². The third kappa shape index (κ3) is 5.84. The maximum absolute atomic E-state index is 12.9. The average molecular weight is 447 g/mol. The Hall–Kier alpha value is -2.42. The molecule has 2 aromatic carbocycles. The van der Waals surface area contributed by atoms with Crippen molar-refractivity contribution in [3.63, 3.8) is 0 Å². The van der Waals surface area contributed by atoms with Crippen LogP contribution in [0.25, 0.3) is 0 Å². The Morgan fingerprint density at radius 3 is 2.32 bits per heavy atom. The van der Waals surface area contributed by atoms with Crippen LogP contribution in [0.2, 0.25) is 0 Å². The molecule has 1 aliphatic heterocycles. The normalized spacial score (nSPS) is 15.5. The van der Waals surface area contributed by atoms with Crippen molar-refractivity contribution in [3.8, 4) is 5.75 Å². The molecule has 0 radical (unpaired) electrons. The molecule has 0 unspecified atom stereocenters. The van der Waals surface area contributed by atoms with Crippen LogP contribution >= 0.6 is 0 Å². The number of amides is 1. The van der Waals surface area contributed by atoms with E-state index in [0.29, 0.717) is 51.4 Å².